The van der Waals surface area contributed by atoms with Crippen molar-refractivity contribution in [3.8, 4) is 5.75 Å². The molecular weight excluding hydrogens is 428 g/mol. The predicted octanol–water partition coefficient (Wildman–Crippen LogP) is 3.67. The van der Waals surface area contributed by atoms with Crippen molar-refractivity contribution in [2.24, 2.45) is 4.99 Å². The van der Waals surface area contributed by atoms with Gasteiger partial charge < -0.3 is 14.7 Å². The molecule has 2 N–H and O–H groups in total. The van der Waals surface area contributed by atoms with Crippen molar-refractivity contribution in [2.75, 3.05) is 27.7 Å². The fourth-order valence-electron chi connectivity index (χ4n) is 2.05. The van der Waals surface area contributed by atoms with Gasteiger partial charge in [0, 0.05) is 20.7 Å². The zero-order chi connectivity index (χ0) is 17.6. The van der Waals surface area contributed by atoms with Gasteiger partial charge in [-0.25, -0.2) is 4.79 Å². The maximum absolute atomic E-state index is 11.3. The minimum atomic E-state index is -0.945. The Labute approximate surface area is 153 Å². The Kier molecular flexibility index (Phi) is 7.70. The Morgan fingerprint density at radius 2 is 1.96 bits per heavy atom. The van der Waals surface area contributed by atoms with Crippen LogP contribution in [-0.4, -0.2) is 60.6 Å². The average Bonchev–Trinajstić information content (AvgIpc) is 2.38. The molecule has 0 aliphatic carbocycles. The second kappa shape index (κ2) is 8.80. The molecule has 0 aliphatic rings. The molecule has 5 nitrogen and oxygen atoms in total. The first-order valence-electron chi connectivity index (χ1n) is 7.34. The van der Waals surface area contributed by atoms with Gasteiger partial charge in [-0.3, -0.25) is 4.99 Å². The molecule has 1 atom stereocenters. The van der Waals surface area contributed by atoms with Crippen molar-refractivity contribution in [1.82, 2.24) is 0 Å². The molecular formula is C16H23Br2N2O3+. The lowest BCUT2D eigenvalue weighted by molar-refractivity contribution is -0.870. The number of nitrogens with zero attached hydrogens (tertiary/aromatic N) is 2. The highest BCUT2D eigenvalue weighted by Gasteiger charge is 2.16. The minimum absolute atomic E-state index is 0.0455. The molecule has 0 aliphatic heterocycles. The van der Waals surface area contributed by atoms with Crippen LogP contribution in [-0.2, 0) is 4.79 Å². The molecule has 0 amide bonds. The maximum Gasteiger partial charge on any atom is 0.328 e. The van der Waals surface area contributed by atoms with E-state index < -0.39 is 12.0 Å². The van der Waals surface area contributed by atoms with Gasteiger partial charge in [0.2, 0.25) is 0 Å². The highest BCUT2D eigenvalue weighted by atomic mass is 79.9. The Morgan fingerprint density at radius 3 is 2.48 bits per heavy atom. The van der Waals surface area contributed by atoms with E-state index in [9.17, 15) is 15.0 Å². The van der Waals surface area contributed by atoms with E-state index >= 15 is 0 Å². The number of hydrogen-bond acceptors (Lipinski definition) is 3. The topological polar surface area (TPSA) is 69.9 Å². The number of aliphatic carboxylic acids is 1. The van der Waals surface area contributed by atoms with Crippen LogP contribution in [0.15, 0.2) is 26.1 Å². The third-order valence-electron chi connectivity index (χ3n) is 3.30. The van der Waals surface area contributed by atoms with Gasteiger partial charge in [-0.15, -0.1) is 0 Å². The van der Waals surface area contributed by atoms with Crippen molar-refractivity contribution < 1.29 is 19.5 Å². The number of carboxylic acids is 1. The van der Waals surface area contributed by atoms with Gasteiger partial charge in [0.25, 0.3) is 0 Å². The molecule has 0 spiro atoms. The molecule has 0 radical (unpaired) electrons. The summed E-state index contributed by atoms with van der Waals surface area (Å²) in [5, 5.41) is 19.2. The van der Waals surface area contributed by atoms with E-state index in [2.05, 4.69) is 58.0 Å². The highest BCUT2D eigenvalue weighted by Crippen LogP contribution is 2.29. The van der Waals surface area contributed by atoms with Crippen molar-refractivity contribution >= 4 is 44.0 Å². The lowest BCUT2D eigenvalue weighted by atomic mass is 10.1. The molecule has 0 bridgehead atoms. The zero-order valence-corrected chi connectivity index (χ0v) is 16.8. The van der Waals surface area contributed by atoms with Crippen LogP contribution < -0.4 is 0 Å². The van der Waals surface area contributed by atoms with Crippen LogP contribution in [0.4, 0.5) is 0 Å². The molecule has 23 heavy (non-hydrogen) atoms. The van der Waals surface area contributed by atoms with E-state index in [0.29, 0.717) is 16.5 Å². The second-order valence-corrected chi connectivity index (χ2v) is 8.23. The van der Waals surface area contributed by atoms with E-state index in [0.717, 1.165) is 28.3 Å². The molecule has 0 saturated carbocycles. The molecule has 0 aromatic heterocycles. The largest absolute Gasteiger partial charge is 0.507 e. The number of halogens is 2. The number of phenolic OH excluding ortho intramolecular Hbond substituents is 1. The summed E-state index contributed by atoms with van der Waals surface area (Å²) in [6, 6.07) is 2.53. The van der Waals surface area contributed by atoms with Gasteiger partial charge >= 0.3 is 5.97 Å². The van der Waals surface area contributed by atoms with E-state index in [-0.39, 0.29) is 5.75 Å². The van der Waals surface area contributed by atoms with E-state index in [1.807, 2.05) is 0 Å². The van der Waals surface area contributed by atoms with Gasteiger partial charge in [-0.05, 0) is 47.3 Å². The first-order valence-corrected chi connectivity index (χ1v) is 8.93. The second-order valence-electron chi connectivity index (χ2n) is 6.46. The normalized spacial score (nSPS) is 13.4. The van der Waals surface area contributed by atoms with Crippen molar-refractivity contribution in [1.29, 1.82) is 0 Å². The van der Waals surface area contributed by atoms with Crippen LogP contribution in [0, 0.1) is 0 Å². The molecule has 128 valence electrons. The summed E-state index contributed by atoms with van der Waals surface area (Å²) in [5.74, 6) is -0.900. The number of benzene rings is 1. The SMILES string of the molecule is C[N+](C)(C)CCCCC(N=Cc1c(O)cc(Br)cc1Br)C(=O)O. The monoisotopic (exact) mass is 449 g/mol. The number of phenols is 1. The quantitative estimate of drug-likeness (QED) is 0.360. The number of unbranched alkanes of at least 4 members (excludes halogenated alkanes) is 1. The van der Waals surface area contributed by atoms with E-state index in [1.165, 1.54) is 6.21 Å². The Bertz CT molecular complexity index is 560. The molecule has 0 fully saturated rings. The number of hydrogen-bond donors (Lipinski definition) is 2. The smallest absolute Gasteiger partial charge is 0.328 e. The fraction of sp³-hybridized carbons (Fsp3) is 0.500. The molecule has 1 aromatic rings. The third kappa shape index (κ3) is 7.46. The van der Waals surface area contributed by atoms with Crippen LogP contribution in [0.2, 0.25) is 0 Å². The van der Waals surface area contributed by atoms with Crippen molar-refractivity contribution in [3.05, 3.63) is 26.6 Å². The van der Waals surface area contributed by atoms with Gasteiger partial charge in [-0.1, -0.05) is 15.9 Å². The standard InChI is InChI=1S/C16H22Br2N2O3/c1-20(2,3)7-5-4-6-14(16(22)23)19-10-12-13(18)8-11(17)9-15(12)21/h8-10,14H,4-7H2,1-3H3,(H-,19,21,22,23)/p+1. The zero-order valence-electron chi connectivity index (χ0n) is 13.6. The van der Waals surface area contributed by atoms with Crippen LogP contribution >= 0.6 is 31.9 Å². The summed E-state index contributed by atoms with van der Waals surface area (Å²) < 4.78 is 2.25. The summed E-state index contributed by atoms with van der Waals surface area (Å²) in [6.45, 7) is 0.995. The summed E-state index contributed by atoms with van der Waals surface area (Å²) in [6.07, 6.45) is 3.67. The summed E-state index contributed by atoms with van der Waals surface area (Å²) >= 11 is 6.62. The highest BCUT2D eigenvalue weighted by molar-refractivity contribution is 9.11. The summed E-state index contributed by atoms with van der Waals surface area (Å²) in [5.41, 5.74) is 0.478. The molecule has 0 saturated heterocycles. The molecule has 0 heterocycles. The minimum Gasteiger partial charge on any atom is -0.507 e. The molecule has 1 unspecified atom stereocenters. The first kappa shape index (κ1) is 20.1. The lowest BCUT2D eigenvalue weighted by Gasteiger charge is -2.23. The number of carbonyl (C=O) groups is 1. The van der Waals surface area contributed by atoms with Crippen LogP contribution in [0.25, 0.3) is 0 Å². The Hall–Kier alpha value is -0.920. The molecule has 7 heteroatoms. The maximum atomic E-state index is 11.3. The van der Waals surface area contributed by atoms with Gasteiger partial charge in [0.05, 0.1) is 27.7 Å². The number of aromatic hydroxyl groups is 1. The van der Waals surface area contributed by atoms with Crippen molar-refractivity contribution in [3.63, 3.8) is 0 Å². The Morgan fingerprint density at radius 1 is 1.30 bits per heavy atom. The lowest BCUT2D eigenvalue weighted by Crippen LogP contribution is -2.35. The van der Waals surface area contributed by atoms with Gasteiger partial charge in [0.15, 0.2) is 0 Å². The number of aliphatic imine (C=N–C) groups is 1. The van der Waals surface area contributed by atoms with Gasteiger partial charge in [0.1, 0.15) is 11.8 Å². The number of rotatable bonds is 8. The number of quaternary nitrogens is 1. The van der Waals surface area contributed by atoms with Crippen LogP contribution in [0.3, 0.4) is 0 Å². The van der Waals surface area contributed by atoms with Gasteiger partial charge in [-0.2, -0.15) is 0 Å². The predicted molar refractivity (Wildman–Crippen MR) is 99.3 cm³/mol. The summed E-state index contributed by atoms with van der Waals surface area (Å²) in [4.78, 5) is 15.5. The van der Waals surface area contributed by atoms with E-state index in [4.69, 9.17) is 0 Å². The third-order valence-corrected chi connectivity index (χ3v) is 4.41. The molecule has 1 rings (SSSR count). The van der Waals surface area contributed by atoms with Crippen LogP contribution in [0.5, 0.6) is 5.75 Å². The van der Waals surface area contributed by atoms with Crippen molar-refractivity contribution in [2.45, 2.75) is 25.3 Å². The van der Waals surface area contributed by atoms with E-state index in [1.54, 1.807) is 12.1 Å². The average molecular weight is 451 g/mol. The fourth-order valence-corrected chi connectivity index (χ4v) is 3.35. The Balaban J connectivity index is 2.71. The molecule has 1 aromatic carbocycles. The number of carboxylic acid groups (broad SMARTS) is 1. The summed E-state index contributed by atoms with van der Waals surface area (Å²) in [7, 11) is 6.34. The first-order chi connectivity index (χ1) is 10.6. The van der Waals surface area contributed by atoms with Crippen LogP contribution in [0.1, 0.15) is 24.8 Å².